The summed E-state index contributed by atoms with van der Waals surface area (Å²) in [6.07, 6.45) is 96.4. The van der Waals surface area contributed by atoms with Crippen LogP contribution in [0.15, 0.2) is 134 Å². The Morgan fingerprint density at radius 2 is 0.531 bits per heavy atom. The van der Waals surface area contributed by atoms with E-state index < -0.39 is 12.1 Å². The zero-order valence-electron chi connectivity index (χ0n) is 52.8. The third-order valence-corrected chi connectivity index (χ3v) is 14.2. The number of ether oxygens (including phenoxy) is 3. The van der Waals surface area contributed by atoms with E-state index in [9.17, 15) is 14.4 Å². The van der Waals surface area contributed by atoms with Gasteiger partial charge in [0.15, 0.2) is 6.10 Å². The van der Waals surface area contributed by atoms with E-state index >= 15 is 0 Å². The molecule has 0 saturated heterocycles. The monoisotopic (exact) mass is 1120 g/mol. The molecule has 81 heavy (non-hydrogen) atoms. The first-order chi connectivity index (χ1) is 40.0. The van der Waals surface area contributed by atoms with Gasteiger partial charge in [-0.25, -0.2) is 0 Å². The lowest BCUT2D eigenvalue weighted by atomic mass is 10.0. The lowest BCUT2D eigenvalue weighted by molar-refractivity contribution is -0.166. The quantitative estimate of drug-likeness (QED) is 0.0261. The van der Waals surface area contributed by atoms with Gasteiger partial charge < -0.3 is 14.2 Å². The van der Waals surface area contributed by atoms with Crippen molar-refractivity contribution in [3.8, 4) is 0 Å². The molecule has 0 rings (SSSR count). The maximum absolute atomic E-state index is 12.9. The summed E-state index contributed by atoms with van der Waals surface area (Å²) < 4.78 is 16.8. The fourth-order valence-electron chi connectivity index (χ4n) is 9.19. The van der Waals surface area contributed by atoms with E-state index in [1.165, 1.54) is 161 Å². The molecule has 0 heterocycles. The molecule has 0 amide bonds. The molecule has 0 aliphatic carbocycles. The van der Waals surface area contributed by atoms with Crippen molar-refractivity contribution in [2.24, 2.45) is 0 Å². The maximum atomic E-state index is 12.9. The van der Waals surface area contributed by atoms with Crippen molar-refractivity contribution >= 4 is 17.9 Å². The number of rotatable bonds is 60. The summed E-state index contributed by atoms with van der Waals surface area (Å²) in [5.41, 5.74) is 0. The second-order valence-electron chi connectivity index (χ2n) is 22.0. The number of hydrogen-bond acceptors (Lipinski definition) is 6. The summed E-state index contributed by atoms with van der Waals surface area (Å²) in [6, 6.07) is 0. The van der Waals surface area contributed by atoms with Crippen LogP contribution in [-0.4, -0.2) is 37.2 Å². The summed E-state index contributed by atoms with van der Waals surface area (Å²) in [4.78, 5) is 38.3. The zero-order chi connectivity index (χ0) is 58.5. The Labute approximate surface area is 500 Å². The van der Waals surface area contributed by atoms with Gasteiger partial charge in [-0.05, 0) is 116 Å². The lowest BCUT2D eigenvalue weighted by Crippen LogP contribution is -2.30. The highest BCUT2D eigenvalue weighted by Gasteiger charge is 2.19. The first-order valence-electron chi connectivity index (χ1n) is 33.7. The van der Waals surface area contributed by atoms with Crippen molar-refractivity contribution in [1.82, 2.24) is 0 Å². The molecule has 1 atom stereocenters. The van der Waals surface area contributed by atoms with E-state index in [1.807, 2.05) is 6.08 Å². The fourth-order valence-corrected chi connectivity index (χ4v) is 9.19. The van der Waals surface area contributed by atoms with E-state index in [4.69, 9.17) is 14.2 Å². The summed E-state index contributed by atoms with van der Waals surface area (Å²) in [5.74, 6) is -1.04. The van der Waals surface area contributed by atoms with Gasteiger partial charge in [-0.3, -0.25) is 14.4 Å². The first-order valence-corrected chi connectivity index (χ1v) is 33.7. The van der Waals surface area contributed by atoms with Gasteiger partial charge >= 0.3 is 17.9 Å². The highest BCUT2D eigenvalue weighted by molar-refractivity contribution is 5.72. The Balaban J connectivity index is 4.31. The van der Waals surface area contributed by atoms with Gasteiger partial charge in [-0.15, -0.1) is 0 Å². The van der Waals surface area contributed by atoms with Gasteiger partial charge in [0.05, 0.1) is 6.42 Å². The van der Waals surface area contributed by atoms with Gasteiger partial charge in [0.2, 0.25) is 0 Å². The van der Waals surface area contributed by atoms with Crippen LogP contribution in [0.3, 0.4) is 0 Å². The predicted molar refractivity (Wildman–Crippen MR) is 353 cm³/mol. The second-order valence-corrected chi connectivity index (χ2v) is 22.0. The molecule has 0 fully saturated rings. The summed E-state index contributed by atoms with van der Waals surface area (Å²) >= 11 is 0. The van der Waals surface area contributed by atoms with Crippen LogP contribution in [0.1, 0.15) is 303 Å². The van der Waals surface area contributed by atoms with Gasteiger partial charge in [0.1, 0.15) is 13.2 Å². The molecule has 0 aliphatic rings. The molecular formula is C75H124O6. The number of hydrogen-bond donors (Lipinski definition) is 0. The Kier molecular flexibility index (Phi) is 64.3. The third kappa shape index (κ3) is 66.2. The molecule has 0 spiro atoms. The Morgan fingerprint density at radius 1 is 0.272 bits per heavy atom. The van der Waals surface area contributed by atoms with E-state index in [-0.39, 0.29) is 31.6 Å². The predicted octanol–water partition coefficient (Wildman–Crippen LogP) is 23.3. The van der Waals surface area contributed by atoms with E-state index in [1.54, 1.807) is 6.08 Å². The smallest absolute Gasteiger partial charge is 0.309 e. The molecule has 0 aromatic heterocycles. The Bertz CT molecular complexity index is 1720. The fraction of sp³-hybridized carbons (Fsp3) is 0.667. The number of carbonyl (C=O) groups excluding carboxylic acids is 3. The standard InChI is InChI=1S/C75H124O6/c1-4-7-10-13-16-19-22-25-28-30-31-32-33-34-35-36-37-38-39-40-41-42-43-45-47-50-53-56-59-62-65-68-74(77)80-71-72(70-79-73(76)67-64-61-58-55-52-49-46-27-24-21-18-15-12-9-6-3)81-75(78)69-66-63-60-57-54-51-48-44-29-26-23-20-17-14-11-8-5-2/h7,9-10,12,16,18-19,21,25-29,31-32,34-35,46,52,55,61,64,72H,4-6,8,11,13-15,17,20,22-24,30,33,36-45,47-51,53-54,56-60,62-63,65-71H2,1-3H3/b10-7-,12-9-,19-16-,21-18-,28-25-,29-26-,32-31-,35-34-,46-27-,55-52-,64-61-. The molecule has 0 aromatic carbocycles. The molecule has 0 aromatic rings. The second kappa shape index (κ2) is 68.1. The number of carbonyl (C=O) groups is 3. The average Bonchev–Trinajstić information content (AvgIpc) is 3.47. The van der Waals surface area contributed by atoms with Gasteiger partial charge in [-0.1, -0.05) is 302 Å². The summed E-state index contributed by atoms with van der Waals surface area (Å²) in [5, 5.41) is 0. The minimum absolute atomic E-state index is 0.111. The minimum atomic E-state index is -0.824. The van der Waals surface area contributed by atoms with Gasteiger partial charge in [0, 0.05) is 12.8 Å². The molecule has 0 bridgehead atoms. The van der Waals surface area contributed by atoms with Crippen molar-refractivity contribution in [1.29, 1.82) is 0 Å². The SMILES string of the molecule is CC/C=C\C/C=C\C/C=C\C/C=C\C/C=C\CCCCCCCCCCCCCCCCCC(=O)OCC(COC(=O)C/C=C\C/C=C\C/C=C\C/C=C\C/C=C\CC)OC(=O)CCCCCCCCC/C=C\CCCCCCCC. The first kappa shape index (κ1) is 76.5. The maximum Gasteiger partial charge on any atom is 0.309 e. The van der Waals surface area contributed by atoms with Crippen molar-refractivity contribution in [3.63, 3.8) is 0 Å². The third-order valence-electron chi connectivity index (χ3n) is 14.2. The topological polar surface area (TPSA) is 78.9 Å². The molecule has 460 valence electrons. The van der Waals surface area contributed by atoms with Crippen molar-refractivity contribution in [3.05, 3.63) is 134 Å². The summed E-state index contributed by atoms with van der Waals surface area (Å²) in [6.45, 7) is 6.33. The van der Waals surface area contributed by atoms with Crippen LogP contribution in [0, 0.1) is 0 Å². The normalized spacial score (nSPS) is 13.0. The molecule has 1 unspecified atom stereocenters. The molecule has 0 N–H and O–H groups in total. The van der Waals surface area contributed by atoms with Crippen LogP contribution >= 0.6 is 0 Å². The van der Waals surface area contributed by atoms with Crippen LogP contribution in [-0.2, 0) is 28.6 Å². The Morgan fingerprint density at radius 3 is 0.877 bits per heavy atom. The van der Waals surface area contributed by atoms with Crippen LogP contribution < -0.4 is 0 Å². The van der Waals surface area contributed by atoms with Crippen LogP contribution in [0.4, 0.5) is 0 Å². The number of esters is 3. The van der Waals surface area contributed by atoms with Crippen molar-refractivity contribution in [2.75, 3.05) is 13.2 Å². The van der Waals surface area contributed by atoms with Crippen LogP contribution in [0.5, 0.6) is 0 Å². The minimum Gasteiger partial charge on any atom is -0.462 e. The molecule has 0 aliphatic heterocycles. The van der Waals surface area contributed by atoms with Crippen molar-refractivity contribution in [2.45, 2.75) is 309 Å². The van der Waals surface area contributed by atoms with Crippen LogP contribution in [0.2, 0.25) is 0 Å². The van der Waals surface area contributed by atoms with Gasteiger partial charge in [-0.2, -0.15) is 0 Å². The molecule has 0 saturated carbocycles. The summed E-state index contributed by atoms with van der Waals surface area (Å²) in [7, 11) is 0. The largest absolute Gasteiger partial charge is 0.462 e. The van der Waals surface area contributed by atoms with E-state index in [0.29, 0.717) is 12.8 Å². The molecule has 0 radical (unpaired) electrons. The van der Waals surface area contributed by atoms with Gasteiger partial charge in [0.25, 0.3) is 0 Å². The number of allylic oxidation sites excluding steroid dienone is 21. The highest BCUT2D eigenvalue weighted by atomic mass is 16.6. The average molecular weight is 1120 g/mol. The molecule has 6 nitrogen and oxygen atoms in total. The molecule has 6 heteroatoms. The van der Waals surface area contributed by atoms with E-state index in [0.717, 1.165) is 103 Å². The Hall–Kier alpha value is -4.45. The zero-order valence-corrected chi connectivity index (χ0v) is 52.8. The van der Waals surface area contributed by atoms with Crippen LogP contribution in [0.25, 0.3) is 0 Å². The highest BCUT2D eigenvalue weighted by Crippen LogP contribution is 2.16. The van der Waals surface area contributed by atoms with Crippen molar-refractivity contribution < 1.29 is 28.6 Å². The molecular weight excluding hydrogens is 997 g/mol. The lowest BCUT2D eigenvalue weighted by Gasteiger charge is -2.18. The van der Waals surface area contributed by atoms with E-state index in [2.05, 4.69) is 142 Å². The number of unbranched alkanes of at least 4 members (excludes halogenated alkanes) is 28.